The van der Waals surface area contributed by atoms with Gasteiger partial charge in [0.1, 0.15) is 23.0 Å². The van der Waals surface area contributed by atoms with Crippen molar-refractivity contribution in [2.45, 2.75) is 77.6 Å². The zero-order chi connectivity index (χ0) is 25.2. The minimum absolute atomic E-state index is 0.0374. The van der Waals surface area contributed by atoms with Crippen LogP contribution in [0.4, 0.5) is 14.9 Å². The zero-order valence-electron chi connectivity index (χ0n) is 21.4. The molecule has 1 aliphatic carbocycles. The molecule has 1 aromatic carbocycles. The number of hydrogen-bond donors (Lipinski definition) is 1. The van der Waals surface area contributed by atoms with Crippen LogP contribution in [0.2, 0.25) is 0 Å². The number of amidine groups is 1. The van der Waals surface area contributed by atoms with Gasteiger partial charge in [-0.05, 0) is 89.8 Å². The van der Waals surface area contributed by atoms with Crippen LogP contribution in [-0.2, 0) is 4.74 Å². The van der Waals surface area contributed by atoms with Crippen molar-refractivity contribution in [3.63, 3.8) is 0 Å². The number of anilines is 1. The number of piperidine rings is 1. The quantitative estimate of drug-likeness (QED) is 0.578. The first kappa shape index (κ1) is 25.2. The Morgan fingerprint density at radius 1 is 1.29 bits per heavy atom. The van der Waals surface area contributed by atoms with Gasteiger partial charge in [0.15, 0.2) is 0 Å². The van der Waals surface area contributed by atoms with Crippen molar-refractivity contribution in [1.82, 2.24) is 10.2 Å². The van der Waals surface area contributed by atoms with E-state index in [2.05, 4.69) is 41.4 Å². The molecule has 2 aliphatic heterocycles. The van der Waals surface area contributed by atoms with E-state index in [0.717, 1.165) is 25.3 Å². The molecule has 1 aromatic rings. The van der Waals surface area contributed by atoms with Crippen LogP contribution in [-0.4, -0.2) is 53.6 Å². The van der Waals surface area contributed by atoms with E-state index in [0.29, 0.717) is 24.4 Å². The monoisotopic (exact) mass is 480 g/mol. The van der Waals surface area contributed by atoms with Gasteiger partial charge in [0.25, 0.3) is 0 Å². The number of aliphatic imine (C=N–C) groups is 1. The minimum atomic E-state index is -0.620. The maximum Gasteiger partial charge on any atom is 0.328 e. The molecule has 2 heterocycles. The topological polar surface area (TPSA) is 57.2 Å². The average Bonchev–Trinajstić information content (AvgIpc) is 2.88. The summed E-state index contributed by atoms with van der Waals surface area (Å²) < 4.78 is 20.1. The second-order valence-electron chi connectivity index (χ2n) is 10.3. The molecule has 35 heavy (non-hydrogen) atoms. The molecule has 1 N–H and O–H groups in total. The van der Waals surface area contributed by atoms with E-state index < -0.39 is 5.54 Å². The number of carbonyl (C=O) groups excluding carboxylic acids is 1. The van der Waals surface area contributed by atoms with Gasteiger partial charge in [0.2, 0.25) is 0 Å². The highest BCUT2D eigenvalue weighted by molar-refractivity contribution is 6.19. The molecular formula is C28H37FN4O2. The first-order chi connectivity index (χ1) is 16.7. The third-order valence-electron chi connectivity index (χ3n) is 6.69. The predicted molar refractivity (Wildman–Crippen MR) is 139 cm³/mol. The van der Waals surface area contributed by atoms with Crippen LogP contribution >= 0.6 is 0 Å². The fourth-order valence-corrected chi connectivity index (χ4v) is 5.27. The first-order valence-electron chi connectivity index (χ1n) is 12.6. The van der Waals surface area contributed by atoms with Crippen molar-refractivity contribution in [1.29, 1.82) is 0 Å². The summed E-state index contributed by atoms with van der Waals surface area (Å²) in [5.41, 5.74) is 1.15. The van der Waals surface area contributed by atoms with Crippen molar-refractivity contribution >= 4 is 17.6 Å². The van der Waals surface area contributed by atoms with Crippen molar-refractivity contribution in [2.75, 3.05) is 18.0 Å². The summed E-state index contributed by atoms with van der Waals surface area (Å²) in [5.74, 6) is 1.25. The summed E-state index contributed by atoms with van der Waals surface area (Å²) in [6, 6.07) is 6.25. The number of rotatable bonds is 6. The molecule has 7 heteroatoms. The number of allylic oxidation sites excluding steroid dienone is 3. The average molecular weight is 481 g/mol. The molecule has 4 rings (SSSR count). The summed E-state index contributed by atoms with van der Waals surface area (Å²) >= 11 is 0. The van der Waals surface area contributed by atoms with Crippen molar-refractivity contribution in [3.05, 3.63) is 65.7 Å². The van der Waals surface area contributed by atoms with Gasteiger partial charge in [-0.3, -0.25) is 20.1 Å². The highest BCUT2D eigenvalue weighted by Gasteiger charge is 2.54. The Balaban J connectivity index is 1.60. The first-order valence-corrected chi connectivity index (χ1v) is 12.6. The van der Waals surface area contributed by atoms with Crippen LogP contribution in [0.25, 0.3) is 0 Å². The third kappa shape index (κ3) is 5.50. The summed E-state index contributed by atoms with van der Waals surface area (Å²) in [7, 11) is 0. The highest BCUT2D eigenvalue weighted by atomic mass is 19.1. The second-order valence-corrected chi connectivity index (χ2v) is 10.3. The molecule has 3 aliphatic rings. The number of amides is 2. The molecule has 0 saturated carbocycles. The number of nitrogens with one attached hydrogen (secondary N) is 1. The molecule has 2 amide bonds. The Labute approximate surface area is 208 Å². The summed E-state index contributed by atoms with van der Waals surface area (Å²) in [6.07, 6.45) is 11.0. The number of ether oxygens (including phenoxy) is 1. The Morgan fingerprint density at radius 2 is 2.09 bits per heavy atom. The molecule has 0 bridgehead atoms. The Morgan fingerprint density at radius 3 is 2.77 bits per heavy atom. The Kier molecular flexibility index (Phi) is 7.45. The van der Waals surface area contributed by atoms with Gasteiger partial charge in [0.05, 0.1) is 6.10 Å². The lowest BCUT2D eigenvalue weighted by Crippen LogP contribution is -2.59. The molecule has 0 aromatic heterocycles. The van der Waals surface area contributed by atoms with Gasteiger partial charge in [0, 0.05) is 30.9 Å². The lowest BCUT2D eigenvalue weighted by atomic mass is 9.81. The number of likely N-dealkylation sites (tertiary alicyclic amines) is 1. The van der Waals surface area contributed by atoms with Gasteiger partial charge >= 0.3 is 6.03 Å². The number of urea groups is 1. The largest absolute Gasteiger partial charge is 0.491 e. The fraction of sp³-hybridized carbons (Fsp3) is 0.500. The number of carbonyl (C=O) groups is 1. The van der Waals surface area contributed by atoms with E-state index in [1.54, 1.807) is 17.0 Å². The van der Waals surface area contributed by atoms with Crippen LogP contribution in [0.5, 0.6) is 0 Å². The van der Waals surface area contributed by atoms with Crippen LogP contribution in [0.3, 0.4) is 0 Å². The Hall–Kier alpha value is -2.93. The molecule has 2 atom stereocenters. The summed E-state index contributed by atoms with van der Waals surface area (Å²) in [5, 5.41) is 3.01. The van der Waals surface area contributed by atoms with Crippen LogP contribution in [0.15, 0.2) is 64.9 Å². The fourth-order valence-electron chi connectivity index (χ4n) is 5.27. The van der Waals surface area contributed by atoms with E-state index in [1.807, 2.05) is 27.7 Å². The van der Waals surface area contributed by atoms with Crippen molar-refractivity contribution in [2.24, 2.45) is 4.99 Å². The molecular weight excluding hydrogens is 443 g/mol. The van der Waals surface area contributed by atoms with Crippen molar-refractivity contribution < 1.29 is 13.9 Å². The standard InChI is InChI=1S/C28H37FN4O2/c1-19(2)30-26-28(33(27(34)31-26)24-11-8-10-23(29)16-24)13-14-32(21(5)17-28)18-22-9-6-7-12-25(15-22)35-20(3)4/h6,8-12,15-16,19-21H,7,13-14,17-18H2,1-5H3,(H,30,31,34). The normalized spacial score (nSPS) is 26.4. The molecule has 2 unspecified atom stereocenters. The summed E-state index contributed by atoms with van der Waals surface area (Å²) in [4.78, 5) is 22.2. The summed E-state index contributed by atoms with van der Waals surface area (Å²) in [6.45, 7) is 11.9. The van der Waals surface area contributed by atoms with Crippen LogP contribution in [0.1, 0.15) is 53.9 Å². The number of benzene rings is 1. The molecule has 2 saturated heterocycles. The maximum absolute atomic E-state index is 14.1. The van der Waals surface area contributed by atoms with E-state index >= 15 is 0 Å². The van der Waals surface area contributed by atoms with Crippen LogP contribution < -0.4 is 10.2 Å². The van der Waals surface area contributed by atoms with Crippen molar-refractivity contribution in [3.8, 4) is 0 Å². The van der Waals surface area contributed by atoms with E-state index in [9.17, 15) is 9.18 Å². The maximum atomic E-state index is 14.1. The minimum Gasteiger partial charge on any atom is -0.491 e. The van der Waals surface area contributed by atoms with E-state index in [1.165, 1.54) is 17.7 Å². The molecule has 6 nitrogen and oxygen atoms in total. The SMILES string of the molecule is CC(C)N=C1NC(=O)N(c2cccc(F)c2)C12CCN(CC1=CC(OC(C)C)=CCC=C1)C(C)C2. The van der Waals surface area contributed by atoms with E-state index in [-0.39, 0.29) is 30.0 Å². The van der Waals surface area contributed by atoms with Gasteiger partial charge in [-0.25, -0.2) is 9.18 Å². The molecule has 0 radical (unpaired) electrons. The second kappa shape index (κ2) is 10.4. The van der Waals surface area contributed by atoms with Gasteiger partial charge < -0.3 is 4.74 Å². The number of nitrogens with zero attached hydrogens (tertiary/aromatic N) is 3. The number of hydrogen-bond acceptors (Lipinski definition) is 4. The zero-order valence-corrected chi connectivity index (χ0v) is 21.4. The molecule has 2 fully saturated rings. The van der Waals surface area contributed by atoms with Gasteiger partial charge in [-0.15, -0.1) is 0 Å². The Bertz CT molecular complexity index is 1070. The molecule has 188 valence electrons. The van der Waals surface area contributed by atoms with Gasteiger partial charge in [-0.2, -0.15) is 0 Å². The smallest absolute Gasteiger partial charge is 0.328 e. The van der Waals surface area contributed by atoms with E-state index in [4.69, 9.17) is 9.73 Å². The lowest BCUT2D eigenvalue weighted by Gasteiger charge is -2.47. The lowest BCUT2D eigenvalue weighted by molar-refractivity contribution is 0.141. The van der Waals surface area contributed by atoms with Gasteiger partial charge in [-0.1, -0.05) is 18.2 Å². The van der Waals surface area contributed by atoms with Crippen LogP contribution in [0, 0.1) is 5.82 Å². The number of halogens is 1. The predicted octanol–water partition coefficient (Wildman–Crippen LogP) is 5.58. The third-order valence-corrected chi connectivity index (χ3v) is 6.69. The highest BCUT2D eigenvalue weighted by Crippen LogP contribution is 2.40. The molecule has 1 spiro atoms.